The molecule has 0 unspecified atom stereocenters. The van der Waals surface area contributed by atoms with Crippen molar-refractivity contribution in [3.63, 3.8) is 0 Å². The fourth-order valence-corrected chi connectivity index (χ4v) is 18.2. The Morgan fingerprint density at radius 1 is 0.446 bits per heavy atom. The Morgan fingerprint density at radius 3 is 1.01 bits per heavy atom. The van der Waals surface area contributed by atoms with Gasteiger partial charge in [0, 0.05) is 88.8 Å². The zero-order chi connectivity index (χ0) is 71.9. The van der Waals surface area contributed by atoms with Crippen LogP contribution in [0.15, 0.2) is 336 Å². The third-order valence-corrected chi connectivity index (χ3v) is 23.5. The maximum Gasteiger partial charge on any atom is -0.0134 e. The van der Waals surface area contributed by atoms with E-state index in [1.54, 1.807) is 121 Å². The molecule has 8 aromatic carbocycles. The molecule has 6 aromatic heterocycles. The Balaban J connectivity index is 0.000000151. The fourth-order valence-electron chi connectivity index (χ4n) is 10.6. The smallest absolute Gasteiger partial charge is 0.0134 e. The van der Waals surface area contributed by atoms with Crippen molar-refractivity contribution >= 4 is 138 Å². The summed E-state index contributed by atoms with van der Waals surface area (Å²) >= 11 is 3.30. The van der Waals surface area contributed by atoms with Gasteiger partial charge in [-0.15, -0.1) is 0 Å². The Morgan fingerprint density at radius 2 is 0.743 bits per heavy atom. The molecule has 516 valence electrons. The van der Waals surface area contributed by atoms with Gasteiger partial charge in [0.15, 0.2) is 11.3 Å². The van der Waals surface area contributed by atoms with Crippen LogP contribution >= 0.6 is 50.8 Å². The predicted molar refractivity (Wildman–Crippen MR) is 421 cm³/mol. The number of fused-ring (bicyclic) bond motifs is 2. The zero-order valence-corrected chi connectivity index (χ0v) is 63.9. The average Bonchev–Trinajstić information content (AvgIpc) is 1.61. The number of aromatic nitrogens is 8. The van der Waals surface area contributed by atoms with Crippen LogP contribution in [0.4, 0.5) is 0 Å². The van der Waals surface area contributed by atoms with Gasteiger partial charge in [0.2, 0.25) is 0 Å². The summed E-state index contributed by atoms with van der Waals surface area (Å²) in [4.78, 5) is 9.27. The van der Waals surface area contributed by atoms with Gasteiger partial charge in [-0.1, -0.05) is 242 Å². The summed E-state index contributed by atoms with van der Waals surface area (Å²) in [5, 5.41) is 34.7. The molecule has 14 rings (SSSR count). The molecule has 0 aliphatic rings. The quantitative estimate of drug-likeness (QED) is 0.0786. The van der Waals surface area contributed by atoms with E-state index in [1.165, 1.54) is 45.7 Å². The number of nitrogens with zero attached hydrogens (tertiary/aromatic N) is 8. The first-order valence-corrected chi connectivity index (χ1v) is 41.8. The summed E-state index contributed by atoms with van der Waals surface area (Å²) in [6.07, 6.45) is 15.7. The monoisotopic (exact) mass is 1610 g/mol. The molecule has 0 saturated carbocycles. The van der Waals surface area contributed by atoms with E-state index in [0.717, 1.165) is 54.2 Å². The van der Waals surface area contributed by atoms with Crippen molar-refractivity contribution in [2.45, 2.75) is 37.5 Å². The van der Waals surface area contributed by atoms with Crippen molar-refractivity contribution in [2.75, 3.05) is 0 Å². The van der Waals surface area contributed by atoms with E-state index in [0.29, 0.717) is 11.3 Å². The average molecular weight is 1610 g/mol. The van der Waals surface area contributed by atoms with Crippen LogP contribution in [0, 0.1) is 0 Å². The summed E-state index contributed by atoms with van der Waals surface area (Å²) < 4.78 is 59.3. The van der Waals surface area contributed by atoms with Gasteiger partial charge >= 0.3 is 42.1 Å². The van der Waals surface area contributed by atoms with Gasteiger partial charge in [-0.3, -0.25) is 9.36 Å². The summed E-state index contributed by atoms with van der Waals surface area (Å²) in [6.45, 7) is 7.63. The molecule has 6 heterocycles. The normalized spacial score (nSPS) is 10.9. The molecule has 0 bridgehead atoms. The number of benzene rings is 8. The van der Waals surface area contributed by atoms with Gasteiger partial charge in [-0.05, 0) is 133 Å². The molecule has 0 radical (unpaired) electrons. The molecule has 0 amide bonds. The molecule has 101 heavy (non-hydrogen) atoms. The Bertz CT molecular complexity index is 4920. The van der Waals surface area contributed by atoms with Gasteiger partial charge in [-0.2, -0.15) is 10.2 Å². The number of halogens is 3. The number of allylic oxidation sites excluding steroid dienone is 2. The van der Waals surface area contributed by atoms with Crippen molar-refractivity contribution in [1.82, 2.24) is 37.5 Å². The van der Waals surface area contributed by atoms with E-state index >= 15 is 0 Å². The molecule has 0 saturated heterocycles. The minimum Gasteiger partial charge on any atom is -0.0622 e. The fraction of sp³-hybridized carbons (Fsp3) is 0.0769. The molecule has 2 N–H and O–H groups in total. The van der Waals surface area contributed by atoms with Gasteiger partial charge in [0.05, 0.1) is 22.2 Å². The Labute approximate surface area is 618 Å². The molecule has 0 atom stereocenters. The second-order valence-electron chi connectivity index (χ2n) is 22.9. The van der Waals surface area contributed by atoms with Crippen LogP contribution < -0.4 is 31.8 Å². The Hall–Kier alpha value is -8.49. The van der Waals surface area contributed by atoms with E-state index in [-0.39, 0.29) is 25.7 Å². The second-order valence-corrected chi connectivity index (χ2v) is 34.2. The summed E-state index contributed by atoms with van der Waals surface area (Å²) in [6, 6.07) is 85.2. The van der Waals surface area contributed by atoms with Gasteiger partial charge < -0.3 is 10.0 Å². The van der Waals surface area contributed by atoms with E-state index < -0.39 is 43.0 Å². The van der Waals surface area contributed by atoms with Crippen LogP contribution in [0.2, 0.25) is 0 Å². The van der Waals surface area contributed by atoms with Crippen molar-refractivity contribution in [1.29, 1.82) is 0 Å². The molecule has 0 spiro atoms. The minimum atomic E-state index is -3.77. The molecule has 14 aromatic rings. The van der Waals surface area contributed by atoms with Crippen molar-refractivity contribution in [3.05, 3.63) is 332 Å². The SMILES string of the molecule is CC(C)=CB(O)O.CC(C)=Cc1cnc2c(c1)c(-c1cnn(C)c1)cn2S(=O)(=O)c1ccccc1.Cn1cc(-c2cn(S(=O)(=O)c3ccccc3)c3ncc(Br)cc23)cn1.[Cl][Pd][Cl].c1ccc(P(c2ccccc2)c2ccccc2)cc1.c1ccc(P(c2ccccc2)c2ccccc2)cc1. The van der Waals surface area contributed by atoms with Crippen LogP contribution in [-0.2, 0) is 50.1 Å². The molecule has 0 aliphatic heterocycles. The largest absolute Gasteiger partial charge is 0.0622 e. The summed E-state index contributed by atoms with van der Waals surface area (Å²) in [5.41, 5.74) is 6.96. The summed E-state index contributed by atoms with van der Waals surface area (Å²) in [5.74, 6) is 1.36. The summed E-state index contributed by atoms with van der Waals surface area (Å²) in [7, 11) is 3.58. The van der Waals surface area contributed by atoms with Crippen molar-refractivity contribution in [3.8, 4) is 22.3 Å². The molecule has 0 aliphatic carbocycles. The molecule has 0 fully saturated rings. The topological polar surface area (TPSA) is 180 Å². The maximum absolute atomic E-state index is 13.3. The predicted octanol–water partition coefficient (Wildman–Crippen LogP) is 15.8. The van der Waals surface area contributed by atoms with Gasteiger partial charge in [0.25, 0.3) is 20.0 Å². The molecule has 23 heteroatoms. The van der Waals surface area contributed by atoms with Crippen molar-refractivity contribution in [2.24, 2.45) is 14.1 Å². The maximum atomic E-state index is 13.3. The Kier molecular flexibility index (Phi) is 28.4. The van der Waals surface area contributed by atoms with Crippen LogP contribution in [0.5, 0.6) is 0 Å². The minimum absolute atomic E-state index is 0.106. The van der Waals surface area contributed by atoms with Crippen molar-refractivity contribution < 1.29 is 42.8 Å². The zero-order valence-electron chi connectivity index (χ0n) is 55.9. The standard InChI is InChI=1S/C21H20N4O2S.2C18H15P.C17H13BrN4O2S.C4H9BO2.2ClH.Pd/c1-15(2)9-16-10-19-20(17-12-23-24(3)13-17)14-25(21(19)22-11-16)28(26,27)18-7-5-4-6-8-18;2*1-4-10-16(11-5-1)19(17-12-6-2-7-13-17)18-14-8-3-9-15-18;1-21-10-12(8-20-21)16-11-22(17-15(16)7-13(18)9-19-17)25(23,24)14-5-3-2-4-6-14;1-4(2)3-5(6)7;;;/h4-14H,1-3H3;2*1-15H;2-11H,1H3;3,6-7H,1-2H3;2*1H;/q;;;;;;;+2/p-2. The number of hydrogen-bond donors (Lipinski definition) is 2. The van der Waals surface area contributed by atoms with Crippen LogP contribution in [0.25, 0.3) is 50.4 Å². The van der Waals surface area contributed by atoms with Crippen LogP contribution in [0.1, 0.15) is 33.3 Å². The third kappa shape index (κ3) is 20.9. The van der Waals surface area contributed by atoms with E-state index in [2.05, 4.69) is 218 Å². The number of rotatable bonds is 14. The van der Waals surface area contributed by atoms with E-state index in [4.69, 9.17) is 29.1 Å². The van der Waals surface area contributed by atoms with E-state index in [9.17, 15) is 16.8 Å². The van der Waals surface area contributed by atoms with Crippen LogP contribution in [-0.4, -0.2) is 71.5 Å². The molecular weight excluding hydrogens is 1540 g/mol. The first kappa shape index (κ1) is 76.7. The van der Waals surface area contributed by atoms with E-state index in [1.807, 2.05) is 58.5 Å². The van der Waals surface area contributed by atoms with Gasteiger partial charge in [0.1, 0.15) is 0 Å². The number of aryl methyl sites for hydroxylation is 2. The number of pyridine rings is 2. The number of hydrogen-bond acceptors (Lipinski definition) is 10. The molecular formula is C78H72BBrCl2N8O6P2PdS2. The molecule has 14 nitrogen and oxygen atoms in total. The third-order valence-electron chi connectivity index (χ3n) is 14.9. The van der Waals surface area contributed by atoms with Crippen LogP contribution in [0.3, 0.4) is 0 Å². The van der Waals surface area contributed by atoms with Gasteiger partial charge in [-0.25, -0.2) is 34.7 Å². The first-order valence-electron chi connectivity index (χ1n) is 31.4. The first-order chi connectivity index (χ1) is 48.8. The second kappa shape index (κ2) is 37.4.